The Kier molecular flexibility index (Phi) is 62.2. The highest BCUT2D eigenvalue weighted by molar-refractivity contribution is 5.95. The zero-order valence-electron chi connectivity index (χ0n) is 82.2. The number of halogens is 1. The predicted molar refractivity (Wildman–Crippen MR) is 535 cm³/mol. The average molecular weight is 1760 g/mol. The van der Waals surface area contributed by atoms with Crippen LogP contribution < -0.4 is 31.9 Å². The molecular weight excluding hydrogens is 1610 g/mol. The second-order valence-corrected chi connectivity index (χ2v) is 30.9. The molecule has 0 saturated heterocycles. The molecule has 0 atom stereocenters. The molecule has 8 N–H and O–H groups in total. The normalized spacial score (nSPS) is 9.91. The zero-order chi connectivity index (χ0) is 97.3. The van der Waals surface area contributed by atoms with Crippen LogP contribution >= 0.6 is 0 Å². The molecule has 7 aromatic carbocycles. The van der Waals surface area contributed by atoms with E-state index in [1.54, 1.807) is 67.8 Å². The van der Waals surface area contributed by atoms with Crippen LogP contribution in [-0.2, 0) is 39.1 Å². The number of fused-ring (bicyclic) bond motifs is 3. The first-order chi connectivity index (χ1) is 61.0. The lowest BCUT2D eigenvalue weighted by Gasteiger charge is -2.19. The van der Waals surface area contributed by atoms with Crippen molar-refractivity contribution in [2.45, 2.75) is 276 Å². The van der Waals surface area contributed by atoms with Crippen LogP contribution in [0.15, 0.2) is 224 Å². The average Bonchev–Trinajstić information content (AvgIpc) is 1.70. The van der Waals surface area contributed by atoms with Gasteiger partial charge in [0.25, 0.3) is 29.4 Å². The third kappa shape index (κ3) is 50.6. The third-order valence-corrected chi connectivity index (χ3v) is 16.8. The molecule has 698 valence electrons. The second kappa shape index (κ2) is 67.8. The van der Waals surface area contributed by atoms with Crippen LogP contribution in [0.25, 0.3) is 32.9 Å². The Morgan fingerprint density at radius 1 is 0.500 bits per heavy atom. The van der Waals surface area contributed by atoms with Crippen molar-refractivity contribution in [3.05, 3.63) is 285 Å². The Morgan fingerprint density at radius 3 is 1.38 bits per heavy atom. The van der Waals surface area contributed by atoms with Gasteiger partial charge in [-0.1, -0.05) is 229 Å². The van der Waals surface area contributed by atoms with Crippen molar-refractivity contribution in [3.8, 4) is 0 Å². The van der Waals surface area contributed by atoms with E-state index in [1.807, 2.05) is 217 Å². The Balaban J connectivity index is 0. The van der Waals surface area contributed by atoms with Crippen molar-refractivity contribution in [1.82, 2.24) is 45.9 Å². The van der Waals surface area contributed by atoms with Crippen molar-refractivity contribution < 1.29 is 42.5 Å². The molecule has 0 fully saturated rings. The summed E-state index contributed by atoms with van der Waals surface area (Å²) in [5.41, 5.74) is 15.2. The van der Waals surface area contributed by atoms with Crippen molar-refractivity contribution in [3.63, 3.8) is 0 Å². The number of ketones is 1. The first-order valence-corrected chi connectivity index (χ1v) is 45.1. The number of amides is 5. The van der Waals surface area contributed by atoms with Crippen LogP contribution in [0.3, 0.4) is 0 Å². The smallest absolute Gasteiger partial charge is 0.295 e. The van der Waals surface area contributed by atoms with E-state index in [2.05, 4.69) is 161 Å². The summed E-state index contributed by atoms with van der Waals surface area (Å²) in [7, 11) is 0. The molecule has 0 aliphatic rings. The number of aromatic nitrogens is 6. The molecule has 0 radical (unpaired) electrons. The summed E-state index contributed by atoms with van der Waals surface area (Å²) in [5.74, 6) is -0.0673. The maximum Gasteiger partial charge on any atom is 0.295 e. The summed E-state index contributed by atoms with van der Waals surface area (Å²) < 4.78 is 18.4. The van der Waals surface area contributed by atoms with Crippen LogP contribution in [0.2, 0.25) is 0 Å². The number of pyridine rings is 1. The number of nitrogens with zero attached hydrogens (tertiary/aromatic N) is 5. The summed E-state index contributed by atoms with van der Waals surface area (Å²) >= 11 is 0. The minimum absolute atomic E-state index is 0.00870. The number of hydrogen-bond acceptors (Lipinski definition) is 14. The van der Waals surface area contributed by atoms with Crippen LogP contribution in [0, 0.1) is 35.2 Å². The second-order valence-electron chi connectivity index (χ2n) is 30.9. The number of Topliss-reactive ketones (excluding diaryl/α,β-unsaturated/α-hetero) is 1. The number of nitrogens with one attached hydrogen (secondary N) is 8. The lowest BCUT2D eigenvalue weighted by molar-refractivity contribution is -0.384. The molecule has 5 heterocycles. The first-order valence-electron chi connectivity index (χ1n) is 45.1. The number of rotatable bonds is 20. The molecule has 22 nitrogen and oxygen atoms in total. The number of para-hydroxylation sites is 2. The Labute approximate surface area is 764 Å². The number of hydrogen-bond donors (Lipinski definition) is 8. The topological polar surface area (TPSA) is 314 Å². The fourth-order valence-electron chi connectivity index (χ4n) is 10.5. The van der Waals surface area contributed by atoms with E-state index in [0.717, 1.165) is 71.2 Å². The van der Waals surface area contributed by atoms with Gasteiger partial charge in [0.2, 0.25) is 11.8 Å². The van der Waals surface area contributed by atoms with E-state index in [4.69, 9.17) is 4.42 Å². The number of H-pyrrole nitrogens is 2. The first kappa shape index (κ1) is 118. The van der Waals surface area contributed by atoms with E-state index < -0.39 is 4.92 Å². The highest BCUT2D eigenvalue weighted by Crippen LogP contribution is 2.26. The zero-order valence-corrected chi connectivity index (χ0v) is 82.2. The van der Waals surface area contributed by atoms with E-state index in [-0.39, 0.29) is 75.8 Å². The number of benzene rings is 7. The standard InChI is InChI=1S/C14H21NO.C12H16N2O.C11H15NO.C11H13N.C10H10FN.C10H11NO3.C10H13NO.C9H12N2O.C8H11N3O.5C2H6/c1-5-6-13(16)15-12-9-7-11(8-10-12)14(2,3)4;1-12(2,3)8-13-11-14-9-6-4-5-7-10(9)15-11;1-3-4-11(13)12-10-7-5-9(2)6-8-10;1-3-9-7-12-11-5-4-8(2)6-10(9)11;1-2-7-6-12-10-4-3-8(11)5-9(7)10;1-2-10(12)7-8-3-5-9(6-4-8)11(13)14;1-8(2)11-10(12)9-6-4-3-5-7-9;1-7(2)11-9(12)8-4-3-5-10-6-8;1-6(2)11-8(12)7-3-9-5-10-4-7;5*1-2/h7-10H,5-6H2,1-4H3,(H,15,16);4-7H,8H2,1-3H3,(H,13,14);5-8H,3-4H2,1-2H3,(H,12,13);4-7,12H,3H2,1-2H3;3-6,12H,2H2,1H3;3-6H,2,7H2,1H3;3-8H,1-2H3,(H,11,12);3-7H,1-2H3,(H,11,12);3-6H,1-2H3,(H,11,12);5*1-2H3. The molecule has 23 heteroatoms. The molecule has 0 bridgehead atoms. The van der Waals surface area contributed by atoms with Gasteiger partial charge in [-0.2, -0.15) is 4.98 Å². The van der Waals surface area contributed by atoms with Crippen LogP contribution in [0.1, 0.15) is 283 Å². The molecule has 0 aliphatic heterocycles. The molecule has 0 aliphatic carbocycles. The molecule has 128 heavy (non-hydrogen) atoms. The lowest BCUT2D eigenvalue weighted by Crippen LogP contribution is -2.30. The Morgan fingerprint density at radius 2 is 0.938 bits per heavy atom. The Hall–Kier alpha value is -12.5. The number of non-ortho nitro benzene ring substituents is 1. The van der Waals surface area contributed by atoms with E-state index in [9.17, 15) is 43.3 Å². The number of carbonyl (C=O) groups is 6. The largest absolute Gasteiger partial charge is 0.424 e. The van der Waals surface area contributed by atoms with Gasteiger partial charge in [-0.25, -0.2) is 14.4 Å². The van der Waals surface area contributed by atoms with Crippen LogP contribution in [0.4, 0.5) is 27.5 Å². The number of oxazole rings is 1. The van der Waals surface area contributed by atoms with E-state index >= 15 is 0 Å². The highest BCUT2D eigenvalue weighted by atomic mass is 19.1. The maximum atomic E-state index is 12.8. The fourth-order valence-corrected chi connectivity index (χ4v) is 10.5. The molecule has 0 spiro atoms. The molecular formula is C105H152FN13O9. The van der Waals surface area contributed by atoms with Gasteiger partial charge >= 0.3 is 0 Å². The number of nitro benzene ring substituents is 1. The lowest BCUT2D eigenvalue weighted by atomic mass is 9.87. The number of aryl methyl sites for hydroxylation is 4. The van der Waals surface area contributed by atoms with Crippen molar-refractivity contribution >= 4 is 91.3 Å². The van der Waals surface area contributed by atoms with Gasteiger partial charge in [0.05, 0.1) is 16.1 Å². The molecule has 5 aromatic heterocycles. The van der Waals surface area contributed by atoms with E-state index in [0.29, 0.717) is 48.4 Å². The van der Waals surface area contributed by atoms with Gasteiger partial charge in [0.15, 0.2) is 5.58 Å². The summed E-state index contributed by atoms with van der Waals surface area (Å²) in [4.78, 5) is 99.5. The minimum atomic E-state index is -0.453. The number of nitro groups is 1. The summed E-state index contributed by atoms with van der Waals surface area (Å²) in [6, 6.07) is 54.9. The fraction of sp³-hybridized carbons (Fsp3) is 0.410. The van der Waals surface area contributed by atoms with Gasteiger partial charge < -0.3 is 46.3 Å². The molecule has 12 aromatic rings. The number of carbonyl (C=O) groups excluding carboxylic acids is 6. The van der Waals surface area contributed by atoms with Gasteiger partial charge in [0.1, 0.15) is 23.4 Å². The minimum Gasteiger partial charge on any atom is -0.424 e. The molecule has 0 unspecified atom stereocenters. The predicted octanol–water partition coefficient (Wildman–Crippen LogP) is 26.6. The maximum absolute atomic E-state index is 12.8. The summed E-state index contributed by atoms with van der Waals surface area (Å²) in [5, 5.41) is 29.9. The van der Waals surface area contributed by atoms with Gasteiger partial charge in [0, 0.05) is 138 Å². The summed E-state index contributed by atoms with van der Waals surface area (Å²) in [6.07, 6.45) is 17.4. The molecule has 5 amide bonds. The molecule has 0 saturated carbocycles. The van der Waals surface area contributed by atoms with Crippen molar-refractivity contribution in [1.29, 1.82) is 0 Å². The highest BCUT2D eigenvalue weighted by Gasteiger charge is 2.16. The van der Waals surface area contributed by atoms with Crippen LogP contribution in [-0.4, -0.2) is 94.8 Å². The van der Waals surface area contributed by atoms with Gasteiger partial charge in [-0.05, 0) is 205 Å². The van der Waals surface area contributed by atoms with Crippen molar-refractivity contribution in [2.24, 2.45) is 5.41 Å². The third-order valence-electron chi connectivity index (χ3n) is 16.8. The molecule has 12 rings (SSSR count). The SMILES string of the molecule is CC.CC.CC.CC.CC.CC(C)(C)CNc1nc2ccccc2o1.CC(C)NC(=O)c1ccccc1.CC(C)NC(=O)c1cccnc1.CC(C)NC(=O)c1cncnc1.CCC(=O)Cc1ccc([N+](=O)[O-])cc1.CCCC(=O)Nc1ccc(C(C)(C)C)cc1.CCCC(=O)Nc1ccc(C)cc1.CCc1c[nH]c2ccc(C)cc12.CCc1c[nH]c2ccc(F)cc12. The van der Waals surface area contributed by atoms with E-state index in [1.165, 1.54) is 75.6 Å². The Bertz CT molecular complexity index is 4730. The quantitative estimate of drug-likeness (QED) is 0.0260. The monoisotopic (exact) mass is 1760 g/mol. The number of aromatic amines is 2. The van der Waals surface area contributed by atoms with Crippen molar-refractivity contribution in [2.75, 3.05) is 22.5 Å². The van der Waals surface area contributed by atoms with Gasteiger partial charge in [-0.15, -0.1) is 0 Å². The number of anilines is 3. The summed E-state index contributed by atoms with van der Waals surface area (Å²) in [6.45, 7) is 59.6. The van der Waals surface area contributed by atoms with Crippen LogP contribution in [0.5, 0.6) is 0 Å². The van der Waals surface area contributed by atoms with Gasteiger partial charge in [-0.3, -0.25) is 43.9 Å².